The lowest BCUT2D eigenvalue weighted by Crippen LogP contribution is -2.44. The van der Waals surface area contributed by atoms with E-state index in [9.17, 15) is 5.11 Å². The number of aliphatic hydroxyl groups is 1. The number of hydrogen-bond donors (Lipinski definition) is 2. The number of hydrogen-bond acceptors (Lipinski definition) is 2. The van der Waals surface area contributed by atoms with E-state index in [-0.39, 0.29) is 0 Å². The van der Waals surface area contributed by atoms with Gasteiger partial charge in [-0.25, -0.2) is 0 Å². The van der Waals surface area contributed by atoms with Crippen molar-refractivity contribution in [2.24, 2.45) is 34.3 Å². The molecule has 3 aliphatic rings. The molecule has 3 fully saturated rings. The summed E-state index contributed by atoms with van der Waals surface area (Å²) in [5.41, 5.74) is 6.86. The van der Waals surface area contributed by atoms with Gasteiger partial charge in [0.2, 0.25) is 0 Å². The number of fused-ring (bicyclic) bond motifs is 1. The molecule has 0 saturated heterocycles. The zero-order valence-corrected chi connectivity index (χ0v) is 15.0. The number of aliphatic hydroxyl groups excluding tert-OH is 1. The van der Waals surface area contributed by atoms with E-state index in [1.54, 1.807) is 0 Å². The number of nitrogens with two attached hydrogens (primary N) is 1. The summed E-state index contributed by atoms with van der Waals surface area (Å²) in [7, 11) is 1.50. The van der Waals surface area contributed by atoms with Gasteiger partial charge in [0.25, 0.3) is 0 Å². The maximum atomic E-state index is 9.82. The van der Waals surface area contributed by atoms with Crippen LogP contribution in [0, 0.1) is 28.6 Å². The van der Waals surface area contributed by atoms with Crippen LogP contribution < -0.4 is 5.73 Å². The van der Waals surface area contributed by atoms with Gasteiger partial charge in [-0.2, -0.15) is 0 Å². The Morgan fingerprint density at radius 2 is 1.82 bits per heavy atom. The normalized spacial score (nSPS) is 45.0. The molecular weight excluding hydrogens is 270 g/mol. The van der Waals surface area contributed by atoms with Crippen LogP contribution in [0.15, 0.2) is 12.2 Å². The average Bonchev–Trinajstić information content (AvgIpc) is 2.84. The molecule has 0 aliphatic heterocycles. The Morgan fingerprint density at radius 1 is 1.09 bits per heavy atom. The molecule has 0 amide bonds. The minimum atomic E-state index is 0.401. The first kappa shape index (κ1) is 18.0. The van der Waals surface area contributed by atoms with Crippen molar-refractivity contribution in [1.29, 1.82) is 0 Å². The molecule has 0 radical (unpaired) electrons. The quantitative estimate of drug-likeness (QED) is 0.737. The summed E-state index contributed by atoms with van der Waals surface area (Å²) in [5, 5.41) is 9.82. The van der Waals surface area contributed by atoms with Crippen molar-refractivity contribution in [3.63, 3.8) is 0 Å². The molecular formula is C20H37NO. The zero-order chi connectivity index (χ0) is 16.4. The highest BCUT2D eigenvalue weighted by Gasteiger charge is 2.51. The van der Waals surface area contributed by atoms with Crippen molar-refractivity contribution in [3.05, 3.63) is 12.2 Å². The highest BCUT2D eigenvalue weighted by atomic mass is 16.3. The van der Waals surface area contributed by atoms with Gasteiger partial charge in [-0.15, -0.1) is 0 Å². The summed E-state index contributed by atoms with van der Waals surface area (Å²) in [4.78, 5) is 0. The van der Waals surface area contributed by atoms with E-state index in [1.807, 2.05) is 0 Å². The van der Waals surface area contributed by atoms with Crippen LogP contribution in [0.2, 0.25) is 0 Å². The third-order valence-electron chi connectivity index (χ3n) is 7.69. The highest BCUT2D eigenvalue weighted by molar-refractivity contribution is 5.19. The van der Waals surface area contributed by atoms with Gasteiger partial charge in [0.1, 0.15) is 0 Å². The van der Waals surface area contributed by atoms with E-state index < -0.39 is 0 Å². The van der Waals surface area contributed by atoms with Crippen LogP contribution in [0.3, 0.4) is 0 Å². The molecule has 22 heavy (non-hydrogen) atoms. The summed E-state index contributed by atoms with van der Waals surface area (Å²) >= 11 is 0. The lowest BCUT2D eigenvalue weighted by Gasteiger charge is -2.52. The minimum Gasteiger partial charge on any atom is -0.396 e. The Balaban J connectivity index is 0.000000847. The van der Waals surface area contributed by atoms with E-state index in [0.29, 0.717) is 23.4 Å². The SMILES string of the molecule is C=C1CCC2CC(C3(C)CCCCC3CO)CCC12C.CN. The maximum absolute atomic E-state index is 9.82. The fourth-order valence-electron chi connectivity index (χ4n) is 5.80. The standard InChI is InChI=1S/C19H32O.CH5N/c1-14-7-8-15-12-16(9-11-18(14,15)2)19(3)10-5-4-6-17(19)13-20;1-2/h15-17,20H,1,4-13H2,2-3H3;2H2,1H3. The summed E-state index contributed by atoms with van der Waals surface area (Å²) in [6.07, 6.45) is 12.0. The maximum Gasteiger partial charge on any atom is 0.0464 e. The Hall–Kier alpha value is -0.340. The second-order valence-corrected chi connectivity index (χ2v) is 8.36. The van der Waals surface area contributed by atoms with Crippen LogP contribution in [0.4, 0.5) is 0 Å². The number of allylic oxidation sites excluding steroid dienone is 1. The molecule has 0 aromatic carbocycles. The lowest BCUT2D eigenvalue weighted by atomic mass is 9.53. The van der Waals surface area contributed by atoms with Crippen LogP contribution in [0.5, 0.6) is 0 Å². The van der Waals surface area contributed by atoms with Gasteiger partial charge in [-0.05, 0) is 80.6 Å². The summed E-state index contributed by atoms with van der Waals surface area (Å²) in [6.45, 7) is 9.72. The highest BCUT2D eigenvalue weighted by Crippen LogP contribution is 2.60. The minimum absolute atomic E-state index is 0.401. The predicted octanol–water partition coefficient (Wildman–Crippen LogP) is 4.52. The van der Waals surface area contributed by atoms with Gasteiger partial charge < -0.3 is 10.8 Å². The molecule has 0 heterocycles. The van der Waals surface area contributed by atoms with Gasteiger partial charge in [0.15, 0.2) is 0 Å². The van der Waals surface area contributed by atoms with Crippen molar-refractivity contribution >= 4 is 0 Å². The molecule has 128 valence electrons. The first-order valence-electron chi connectivity index (χ1n) is 9.37. The Kier molecular flexibility index (Phi) is 5.77. The molecule has 5 unspecified atom stereocenters. The van der Waals surface area contributed by atoms with Crippen LogP contribution in [-0.4, -0.2) is 18.8 Å². The van der Waals surface area contributed by atoms with E-state index in [0.717, 1.165) is 11.8 Å². The molecule has 0 bridgehead atoms. The topological polar surface area (TPSA) is 46.2 Å². The predicted molar refractivity (Wildman–Crippen MR) is 94.6 cm³/mol. The molecule has 5 atom stereocenters. The van der Waals surface area contributed by atoms with E-state index >= 15 is 0 Å². The Labute approximate surface area is 137 Å². The van der Waals surface area contributed by atoms with Crippen molar-refractivity contribution in [2.75, 3.05) is 13.7 Å². The van der Waals surface area contributed by atoms with Gasteiger partial charge in [0, 0.05) is 6.61 Å². The third-order valence-corrected chi connectivity index (χ3v) is 7.69. The van der Waals surface area contributed by atoms with Crippen molar-refractivity contribution in [1.82, 2.24) is 0 Å². The van der Waals surface area contributed by atoms with E-state index in [4.69, 9.17) is 0 Å². The van der Waals surface area contributed by atoms with Crippen LogP contribution in [0.25, 0.3) is 0 Å². The summed E-state index contributed by atoms with van der Waals surface area (Å²) in [5.74, 6) is 2.26. The van der Waals surface area contributed by atoms with Crippen molar-refractivity contribution < 1.29 is 5.11 Å². The van der Waals surface area contributed by atoms with Gasteiger partial charge in [-0.1, -0.05) is 38.8 Å². The second-order valence-electron chi connectivity index (χ2n) is 8.36. The van der Waals surface area contributed by atoms with E-state index in [2.05, 4.69) is 26.2 Å². The van der Waals surface area contributed by atoms with Gasteiger partial charge in [-0.3, -0.25) is 0 Å². The van der Waals surface area contributed by atoms with Crippen LogP contribution in [-0.2, 0) is 0 Å². The molecule has 3 aliphatic carbocycles. The first-order valence-corrected chi connectivity index (χ1v) is 9.37. The van der Waals surface area contributed by atoms with Gasteiger partial charge in [0.05, 0.1) is 0 Å². The average molecular weight is 308 g/mol. The van der Waals surface area contributed by atoms with Crippen LogP contribution in [0.1, 0.15) is 71.6 Å². The van der Waals surface area contributed by atoms with E-state index in [1.165, 1.54) is 70.4 Å². The molecule has 2 heteroatoms. The molecule has 0 spiro atoms. The van der Waals surface area contributed by atoms with Gasteiger partial charge >= 0.3 is 0 Å². The largest absolute Gasteiger partial charge is 0.396 e. The lowest BCUT2D eigenvalue weighted by molar-refractivity contribution is -0.0329. The molecule has 3 N–H and O–H groups in total. The Bertz CT molecular complexity index is 393. The fourth-order valence-corrected chi connectivity index (χ4v) is 5.80. The zero-order valence-electron chi connectivity index (χ0n) is 15.0. The molecule has 2 nitrogen and oxygen atoms in total. The third kappa shape index (κ3) is 2.89. The summed E-state index contributed by atoms with van der Waals surface area (Å²) < 4.78 is 0. The molecule has 3 saturated carbocycles. The summed E-state index contributed by atoms with van der Waals surface area (Å²) in [6, 6.07) is 0. The second kappa shape index (κ2) is 7.05. The van der Waals surface area contributed by atoms with Crippen molar-refractivity contribution in [2.45, 2.75) is 71.6 Å². The Morgan fingerprint density at radius 3 is 2.50 bits per heavy atom. The monoisotopic (exact) mass is 307 g/mol. The molecule has 0 aromatic rings. The smallest absolute Gasteiger partial charge is 0.0464 e. The van der Waals surface area contributed by atoms with Crippen LogP contribution >= 0.6 is 0 Å². The molecule has 3 rings (SSSR count). The number of rotatable bonds is 2. The first-order chi connectivity index (χ1) is 10.5. The molecule has 0 aromatic heterocycles. The fraction of sp³-hybridized carbons (Fsp3) is 0.900. The van der Waals surface area contributed by atoms with Crippen molar-refractivity contribution in [3.8, 4) is 0 Å².